The van der Waals surface area contributed by atoms with E-state index in [0.29, 0.717) is 5.92 Å². The summed E-state index contributed by atoms with van der Waals surface area (Å²) >= 11 is 0. The van der Waals surface area contributed by atoms with E-state index in [1.165, 1.54) is 0 Å². The lowest BCUT2D eigenvalue weighted by Crippen LogP contribution is -2.26. The Hall–Kier alpha value is -2.40. The Balaban J connectivity index is 1.98. The van der Waals surface area contributed by atoms with Gasteiger partial charge in [0.25, 0.3) is 0 Å². The molecule has 3 rings (SSSR count). The first-order chi connectivity index (χ1) is 11.6. The van der Waals surface area contributed by atoms with Gasteiger partial charge in [-0.1, -0.05) is 44.2 Å². The Kier molecular flexibility index (Phi) is 4.81. The molecule has 0 saturated carbocycles. The summed E-state index contributed by atoms with van der Waals surface area (Å²) in [7, 11) is 0. The topological polar surface area (TPSA) is 73.8 Å². The molecule has 0 fully saturated rings. The largest absolute Gasteiger partial charge is 0.394 e. The Morgan fingerprint density at radius 1 is 1.17 bits per heavy atom. The van der Waals surface area contributed by atoms with Crippen molar-refractivity contribution >= 4 is 5.82 Å². The summed E-state index contributed by atoms with van der Waals surface area (Å²) in [5.74, 6) is 2.04. The third-order valence-electron chi connectivity index (χ3n) is 3.97. The number of hydrogen-bond donors (Lipinski definition) is 3. The van der Waals surface area contributed by atoms with Crippen molar-refractivity contribution in [2.45, 2.75) is 33.2 Å². The monoisotopic (exact) mass is 324 g/mol. The molecule has 3 N–H and O–H groups in total. The van der Waals surface area contributed by atoms with Crippen LogP contribution in [-0.2, 0) is 0 Å². The van der Waals surface area contributed by atoms with Gasteiger partial charge in [-0.05, 0) is 25.3 Å². The molecule has 5 heteroatoms. The van der Waals surface area contributed by atoms with Crippen molar-refractivity contribution in [2.75, 3.05) is 11.9 Å². The lowest BCUT2D eigenvalue weighted by Gasteiger charge is -2.20. The van der Waals surface area contributed by atoms with Crippen LogP contribution in [0.1, 0.15) is 26.1 Å². The second kappa shape index (κ2) is 7.01. The number of aryl methyl sites for hydroxylation is 1. The highest BCUT2D eigenvalue weighted by Gasteiger charge is 2.19. The first-order valence-electron chi connectivity index (χ1n) is 8.37. The maximum atomic E-state index is 9.64. The molecule has 24 heavy (non-hydrogen) atoms. The van der Waals surface area contributed by atoms with Gasteiger partial charge in [0, 0.05) is 5.56 Å². The van der Waals surface area contributed by atoms with E-state index in [4.69, 9.17) is 4.98 Å². The van der Waals surface area contributed by atoms with E-state index in [0.717, 1.165) is 40.7 Å². The molecule has 2 heterocycles. The van der Waals surface area contributed by atoms with Gasteiger partial charge in [0.1, 0.15) is 11.5 Å². The maximum absolute atomic E-state index is 9.64. The van der Waals surface area contributed by atoms with Gasteiger partial charge in [0.05, 0.1) is 24.0 Å². The summed E-state index contributed by atoms with van der Waals surface area (Å²) in [5, 5.41) is 13.0. The summed E-state index contributed by atoms with van der Waals surface area (Å²) in [4.78, 5) is 12.6. The minimum Gasteiger partial charge on any atom is -0.394 e. The minimum atomic E-state index is -0.0284. The summed E-state index contributed by atoms with van der Waals surface area (Å²) in [6.07, 6.45) is 0.879. The number of nitrogens with zero attached hydrogens (tertiary/aromatic N) is 2. The van der Waals surface area contributed by atoms with Gasteiger partial charge in [-0.15, -0.1) is 0 Å². The van der Waals surface area contributed by atoms with E-state index in [9.17, 15) is 5.11 Å². The van der Waals surface area contributed by atoms with Crippen molar-refractivity contribution in [1.82, 2.24) is 15.0 Å². The molecule has 0 amide bonds. The quantitative estimate of drug-likeness (QED) is 0.646. The van der Waals surface area contributed by atoms with Crippen molar-refractivity contribution in [3.8, 4) is 22.6 Å². The molecule has 0 aliphatic carbocycles. The Morgan fingerprint density at radius 3 is 2.58 bits per heavy atom. The molecule has 2 aliphatic rings. The number of aliphatic hydroxyl groups is 1. The highest BCUT2D eigenvalue weighted by atomic mass is 16.3. The van der Waals surface area contributed by atoms with E-state index in [-0.39, 0.29) is 12.6 Å². The number of aliphatic hydroxyl groups excluding tert-OH is 1. The highest BCUT2D eigenvalue weighted by Crippen LogP contribution is 2.32. The average Bonchev–Trinajstić information content (AvgIpc) is 2.98. The fourth-order valence-corrected chi connectivity index (χ4v) is 2.94. The number of nitrogens with one attached hydrogen (secondary N) is 2. The van der Waals surface area contributed by atoms with Crippen LogP contribution < -0.4 is 5.32 Å². The normalized spacial score (nSPS) is 12.7. The van der Waals surface area contributed by atoms with Crippen LogP contribution in [-0.4, -0.2) is 32.7 Å². The smallest absolute Gasteiger partial charge is 0.156 e. The van der Waals surface area contributed by atoms with E-state index < -0.39 is 0 Å². The third kappa shape index (κ3) is 3.57. The molecular weight excluding hydrogens is 300 g/mol. The SMILES string of the molecule is Cc1nc(N[C@H](CO)CC(C)C)c2nc(-c3ccccc3)cc-2[nH]1. The lowest BCUT2D eigenvalue weighted by atomic mass is 10.0. The van der Waals surface area contributed by atoms with E-state index in [1.807, 2.05) is 43.3 Å². The number of rotatable bonds is 6. The molecular formula is C19H24N4O. The van der Waals surface area contributed by atoms with Crippen molar-refractivity contribution in [2.24, 2.45) is 5.92 Å². The summed E-state index contributed by atoms with van der Waals surface area (Å²) < 4.78 is 0. The number of aromatic amines is 1. The molecule has 0 aromatic heterocycles. The first kappa shape index (κ1) is 16.5. The second-order valence-electron chi connectivity index (χ2n) is 6.59. The molecule has 0 saturated heterocycles. The van der Waals surface area contributed by atoms with Gasteiger partial charge in [-0.2, -0.15) is 0 Å². The van der Waals surface area contributed by atoms with Gasteiger partial charge in [0.15, 0.2) is 5.82 Å². The minimum absolute atomic E-state index is 0.0284. The molecule has 1 aromatic carbocycles. The highest BCUT2D eigenvalue weighted by molar-refractivity contribution is 5.77. The zero-order valence-electron chi connectivity index (χ0n) is 14.4. The first-order valence-corrected chi connectivity index (χ1v) is 8.37. The van der Waals surface area contributed by atoms with E-state index >= 15 is 0 Å². The van der Waals surface area contributed by atoms with Crippen LogP contribution in [0.15, 0.2) is 36.4 Å². The molecule has 1 atom stereocenters. The van der Waals surface area contributed by atoms with Crippen molar-refractivity contribution < 1.29 is 5.11 Å². The van der Waals surface area contributed by atoms with Gasteiger partial charge in [-0.25, -0.2) is 9.97 Å². The molecule has 5 nitrogen and oxygen atoms in total. The molecule has 0 spiro atoms. The van der Waals surface area contributed by atoms with Crippen molar-refractivity contribution in [1.29, 1.82) is 0 Å². The predicted molar refractivity (Wildman–Crippen MR) is 97.1 cm³/mol. The van der Waals surface area contributed by atoms with Gasteiger partial charge >= 0.3 is 0 Å². The Bertz CT molecular complexity index is 767. The number of aromatic nitrogens is 3. The second-order valence-corrected chi connectivity index (χ2v) is 6.59. The predicted octanol–water partition coefficient (Wildman–Crippen LogP) is 3.70. The van der Waals surface area contributed by atoms with Crippen LogP contribution in [0.4, 0.5) is 5.82 Å². The van der Waals surface area contributed by atoms with Crippen LogP contribution >= 0.6 is 0 Å². The summed E-state index contributed by atoms with van der Waals surface area (Å²) in [5.41, 5.74) is 3.75. The maximum Gasteiger partial charge on any atom is 0.156 e. The number of benzene rings is 1. The fraction of sp³-hybridized carbons (Fsp3) is 0.368. The summed E-state index contributed by atoms with van der Waals surface area (Å²) in [6.45, 7) is 6.29. The number of hydrogen-bond acceptors (Lipinski definition) is 4. The van der Waals surface area contributed by atoms with Crippen molar-refractivity contribution in [3.63, 3.8) is 0 Å². The zero-order valence-corrected chi connectivity index (χ0v) is 14.4. The van der Waals surface area contributed by atoms with Crippen molar-refractivity contribution in [3.05, 3.63) is 42.2 Å². The lowest BCUT2D eigenvalue weighted by molar-refractivity contribution is 0.259. The zero-order chi connectivity index (χ0) is 17.1. The van der Waals surface area contributed by atoms with Crippen LogP contribution in [0.25, 0.3) is 22.6 Å². The fourth-order valence-electron chi connectivity index (χ4n) is 2.94. The number of H-pyrrole nitrogens is 1. The third-order valence-corrected chi connectivity index (χ3v) is 3.97. The Morgan fingerprint density at radius 2 is 1.92 bits per heavy atom. The van der Waals surface area contributed by atoms with E-state index in [1.54, 1.807) is 0 Å². The number of fused-ring (bicyclic) bond motifs is 1. The van der Waals surface area contributed by atoms with Crippen LogP contribution in [0, 0.1) is 12.8 Å². The average molecular weight is 324 g/mol. The van der Waals surface area contributed by atoms with Crippen LogP contribution in [0.3, 0.4) is 0 Å². The molecule has 0 bridgehead atoms. The molecule has 126 valence electrons. The molecule has 0 unspecified atom stereocenters. The van der Waals surface area contributed by atoms with E-state index in [2.05, 4.69) is 29.1 Å². The molecule has 1 aromatic rings. The Labute approximate surface area is 142 Å². The van der Waals surface area contributed by atoms with Gasteiger partial charge in [-0.3, -0.25) is 0 Å². The van der Waals surface area contributed by atoms with Crippen LogP contribution in [0.5, 0.6) is 0 Å². The van der Waals surface area contributed by atoms with Gasteiger partial charge < -0.3 is 15.4 Å². The van der Waals surface area contributed by atoms with Crippen LogP contribution in [0.2, 0.25) is 0 Å². The molecule has 2 aliphatic heterocycles. The van der Waals surface area contributed by atoms with Gasteiger partial charge in [0.2, 0.25) is 0 Å². The summed E-state index contributed by atoms with van der Waals surface area (Å²) in [6, 6.07) is 12.1. The molecule has 0 radical (unpaired) electrons. The number of anilines is 1. The standard InChI is InChI=1S/C19H24N4O/c1-12(2)9-15(11-24)22-19-18-17(20-13(3)21-19)10-16(23-18)14-7-5-4-6-8-14/h4-8,10,12,15,22,24H,9,11H2,1-3H3,(H,20,21)/t15-/m0/s1.